The van der Waals surface area contributed by atoms with E-state index in [1.54, 1.807) is 6.92 Å². The Bertz CT molecular complexity index is 538. The lowest BCUT2D eigenvalue weighted by Crippen LogP contribution is -2.49. The molecule has 0 radical (unpaired) electrons. The van der Waals surface area contributed by atoms with Crippen LogP contribution in [0.4, 0.5) is 0 Å². The first-order valence-electron chi connectivity index (χ1n) is 5.91. The standard InChI is InChI=1S/C10H16ClN3O3S2/c1-8-9(18-10(11)12-8)19(16,17)14-4-2-13(3-5-14)6-7-15/h15H,2-7H2,1H3. The van der Waals surface area contributed by atoms with Crippen LogP contribution in [0.5, 0.6) is 0 Å². The lowest BCUT2D eigenvalue weighted by Gasteiger charge is -2.33. The predicted octanol–water partition coefficient (Wildman–Crippen LogP) is 0.404. The Labute approximate surface area is 121 Å². The fraction of sp³-hybridized carbons (Fsp3) is 0.700. The fourth-order valence-electron chi connectivity index (χ4n) is 2.04. The first kappa shape index (κ1) is 15.1. The third-order valence-corrected chi connectivity index (χ3v) is 6.80. The third-order valence-electron chi connectivity index (χ3n) is 3.05. The Balaban J connectivity index is 2.12. The number of β-amino-alcohol motifs (C(OH)–C–C–N with tert-alkyl or cyclic N) is 1. The molecule has 2 heterocycles. The molecule has 1 aromatic heterocycles. The average Bonchev–Trinajstić information content (AvgIpc) is 2.70. The second-order valence-electron chi connectivity index (χ2n) is 4.31. The van der Waals surface area contributed by atoms with E-state index in [1.807, 2.05) is 4.90 Å². The normalized spacial score (nSPS) is 18.9. The summed E-state index contributed by atoms with van der Waals surface area (Å²) in [7, 11) is -3.49. The number of aliphatic hydroxyl groups is 1. The van der Waals surface area contributed by atoms with Crippen molar-refractivity contribution in [3.63, 3.8) is 0 Å². The summed E-state index contributed by atoms with van der Waals surface area (Å²) in [5.74, 6) is 0. The highest BCUT2D eigenvalue weighted by Crippen LogP contribution is 2.29. The van der Waals surface area contributed by atoms with E-state index >= 15 is 0 Å². The van der Waals surface area contributed by atoms with Crippen LogP contribution in [0.1, 0.15) is 5.69 Å². The summed E-state index contributed by atoms with van der Waals surface area (Å²) in [6, 6.07) is 0. The Morgan fingerprint density at radius 2 is 2.00 bits per heavy atom. The summed E-state index contributed by atoms with van der Waals surface area (Å²) >= 11 is 6.76. The molecule has 1 saturated heterocycles. The molecule has 0 saturated carbocycles. The minimum Gasteiger partial charge on any atom is -0.395 e. The molecule has 2 rings (SSSR count). The molecule has 0 amide bonds. The largest absolute Gasteiger partial charge is 0.395 e. The summed E-state index contributed by atoms with van der Waals surface area (Å²) in [6.45, 7) is 4.44. The van der Waals surface area contributed by atoms with E-state index < -0.39 is 10.0 Å². The van der Waals surface area contributed by atoms with Gasteiger partial charge in [-0.2, -0.15) is 4.31 Å². The lowest BCUT2D eigenvalue weighted by molar-refractivity contribution is 0.151. The van der Waals surface area contributed by atoms with Crippen LogP contribution in [0.15, 0.2) is 4.21 Å². The average molecular weight is 326 g/mol. The number of aliphatic hydroxyl groups excluding tert-OH is 1. The van der Waals surface area contributed by atoms with Gasteiger partial charge in [-0.15, -0.1) is 0 Å². The van der Waals surface area contributed by atoms with Crippen molar-refractivity contribution in [1.29, 1.82) is 0 Å². The van der Waals surface area contributed by atoms with Gasteiger partial charge in [-0.3, -0.25) is 4.90 Å². The highest BCUT2D eigenvalue weighted by Gasteiger charge is 2.31. The molecule has 0 bridgehead atoms. The SMILES string of the molecule is Cc1nc(Cl)sc1S(=O)(=O)N1CCN(CCO)CC1. The van der Waals surface area contributed by atoms with Crippen LogP contribution in [0, 0.1) is 6.92 Å². The van der Waals surface area contributed by atoms with E-state index in [-0.39, 0.29) is 15.3 Å². The first-order chi connectivity index (χ1) is 8.95. The molecule has 0 unspecified atom stereocenters. The number of rotatable bonds is 4. The van der Waals surface area contributed by atoms with Crippen molar-refractivity contribution in [2.75, 3.05) is 39.3 Å². The predicted molar refractivity (Wildman–Crippen MR) is 74.1 cm³/mol. The number of hydrogen-bond acceptors (Lipinski definition) is 6. The highest BCUT2D eigenvalue weighted by molar-refractivity contribution is 7.91. The Morgan fingerprint density at radius 1 is 1.37 bits per heavy atom. The molecule has 1 aliphatic rings. The van der Waals surface area contributed by atoms with Crippen molar-refractivity contribution in [1.82, 2.24) is 14.2 Å². The number of hydrogen-bond donors (Lipinski definition) is 1. The maximum atomic E-state index is 12.5. The molecular weight excluding hydrogens is 310 g/mol. The maximum absolute atomic E-state index is 12.5. The van der Waals surface area contributed by atoms with Gasteiger partial charge in [-0.25, -0.2) is 13.4 Å². The van der Waals surface area contributed by atoms with E-state index in [4.69, 9.17) is 16.7 Å². The zero-order valence-corrected chi connectivity index (χ0v) is 12.9. The first-order valence-corrected chi connectivity index (χ1v) is 8.55. The number of thiazole rings is 1. The van der Waals surface area contributed by atoms with Crippen molar-refractivity contribution >= 4 is 33.0 Å². The molecule has 0 aromatic carbocycles. The topological polar surface area (TPSA) is 73.7 Å². The zero-order valence-electron chi connectivity index (χ0n) is 10.5. The van der Waals surface area contributed by atoms with Crippen molar-refractivity contribution in [2.45, 2.75) is 11.1 Å². The summed E-state index contributed by atoms with van der Waals surface area (Å²) in [5, 5.41) is 8.87. The Hall–Kier alpha value is -0.250. The number of aromatic nitrogens is 1. The molecule has 1 N–H and O–H groups in total. The van der Waals surface area contributed by atoms with E-state index in [2.05, 4.69) is 4.98 Å². The van der Waals surface area contributed by atoms with E-state index in [1.165, 1.54) is 4.31 Å². The second kappa shape index (κ2) is 6.02. The molecule has 0 aliphatic carbocycles. The number of sulfonamides is 1. The molecule has 0 atom stereocenters. The van der Waals surface area contributed by atoms with Crippen molar-refractivity contribution < 1.29 is 13.5 Å². The van der Waals surface area contributed by atoms with Gasteiger partial charge in [-0.1, -0.05) is 22.9 Å². The van der Waals surface area contributed by atoms with E-state index in [0.717, 1.165) is 11.3 Å². The summed E-state index contributed by atoms with van der Waals surface area (Å²) < 4.78 is 26.8. The number of halogens is 1. The van der Waals surface area contributed by atoms with Gasteiger partial charge >= 0.3 is 0 Å². The van der Waals surface area contributed by atoms with Crippen LogP contribution in [0.3, 0.4) is 0 Å². The molecule has 6 nitrogen and oxygen atoms in total. The molecule has 1 aromatic rings. The molecule has 1 aliphatic heterocycles. The maximum Gasteiger partial charge on any atom is 0.254 e. The smallest absolute Gasteiger partial charge is 0.254 e. The number of piperazine rings is 1. The lowest BCUT2D eigenvalue weighted by atomic mass is 10.4. The number of nitrogens with zero attached hydrogens (tertiary/aromatic N) is 3. The monoisotopic (exact) mass is 325 g/mol. The van der Waals surface area contributed by atoms with Gasteiger partial charge in [0, 0.05) is 32.7 Å². The minimum absolute atomic E-state index is 0.0936. The van der Waals surface area contributed by atoms with Gasteiger partial charge in [0.2, 0.25) is 0 Å². The third kappa shape index (κ3) is 3.26. The van der Waals surface area contributed by atoms with Gasteiger partial charge in [-0.05, 0) is 6.92 Å². The van der Waals surface area contributed by atoms with Crippen molar-refractivity contribution in [3.05, 3.63) is 10.2 Å². The Morgan fingerprint density at radius 3 is 2.47 bits per heavy atom. The summed E-state index contributed by atoms with van der Waals surface area (Å²) in [6.07, 6.45) is 0. The molecule has 9 heteroatoms. The molecule has 108 valence electrons. The van der Waals surface area contributed by atoms with Crippen LogP contribution < -0.4 is 0 Å². The van der Waals surface area contributed by atoms with Crippen LogP contribution >= 0.6 is 22.9 Å². The van der Waals surface area contributed by atoms with E-state index in [9.17, 15) is 8.42 Å². The Kier molecular flexibility index (Phi) is 4.80. The summed E-state index contributed by atoms with van der Waals surface area (Å²) in [4.78, 5) is 5.99. The van der Waals surface area contributed by atoms with Gasteiger partial charge < -0.3 is 5.11 Å². The number of aryl methyl sites for hydroxylation is 1. The molecule has 1 fully saturated rings. The van der Waals surface area contributed by atoms with Gasteiger partial charge in [0.05, 0.1) is 12.3 Å². The zero-order chi connectivity index (χ0) is 14.0. The second-order valence-corrected chi connectivity index (χ2v) is 8.02. The highest BCUT2D eigenvalue weighted by atomic mass is 35.5. The van der Waals surface area contributed by atoms with Crippen LogP contribution in [0.2, 0.25) is 4.47 Å². The van der Waals surface area contributed by atoms with Gasteiger partial charge in [0.25, 0.3) is 10.0 Å². The molecule has 0 spiro atoms. The molecule has 19 heavy (non-hydrogen) atoms. The fourth-order valence-corrected chi connectivity index (χ4v) is 5.34. The summed E-state index contributed by atoms with van der Waals surface area (Å²) in [5.41, 5.74) is 0.452. The molecular formula is C10H16ClN3O3S2. The van der Waals surface area contributed by atoms with Crippen LogP contribution in [-0.4, -0.2) is 67.0 Å². The van der Waals surface area contributed by atoms with Gasteiger partial charge in [0.15, 0.2) is 8.68 Å². The van der Waals surface area contributed by atoms with Crippen molar-refractivity contribution in [3.8, 4) is 0 Å². The van der Waals surface area contributed by atoms with Crippen LogP contribution in [0.25, 0.3) is 0 Å². The van der Waals surface area contributed by atoms with E-state index in [0.29, 0.717) is 38.4 Å². The van der Waals surface area contributed by atoms with Crippen molar-refractivity contribution in [2.24, 2.45) is 0 Å². The minimum atomic E-state index is -3.49. The quantitative estimate of drug-likeness (QED) is 0.867. The van der Waals surface area contributed by atoms with Gasteiger partial charge in [0.1, 0.15) is 0 Å². The van der Waals surface area contributed by atoms with Crippen LogP contribution in [-0.2, 0) is 10.0 Å².